The number of nitrogens with zero attached hydrogens (tertiary/aromatic N) is 4. The van der Waals surface area contributed by atoms with E-state index in [4.69, 9.17) is 4.52 Å². The van der Waals surface area contributed by atoms with Crippen molar-refractivity contribution in [3.8, 4) is 11.3 Å². The Bertz CT molecular complexity index is 1040. The Morgan fingerprint density at radius 3 is 3.04 bits per heavy atom. The van der Waals surface area contributed by atoms with Crippen LogP contribution in [0.25, 0.3) is 16.9 Å². The predicted molar refractivity (Wildman–Crippen MR) is 90.8 cm³/mol. The minimum absolute atomic E-state index is 0.187. The highest BCUT2D eigenvalue weighted by atomic mass is 16.5. The lowest BCUT2D eigenvalue weighted by Gasteiger charge is -2.03. The van der Waals surface area contributed by atoms with Crippen LogP contribution in [0.15, 0.2) is 59.6 Å². The van der Waals surface area contributed by atoms with Gasteiger partial charge in [-0.15, -0.1) is 0 Å². The number of aromatic nitrogens is 4. The number of imidazole rings is 1. The second-order valence-electron chi connectivity index (χ2n) is 5.67. The summed E-state index contributed by atoms with van der Waals surface area (Å²) >= 11 is 0. The number of nitrogens with one attached hydrogen (secondary N) is 1. The van der Waals surface area contributed by atoms with Crippen LogP contribution in [0.2, 0.25) is 0 Å². The molecule has 0 aliphatic carbocycles. The van der Waals surface area contributed by atoms with E-state index in [2.05, 4.69) is 20.4 Å². The Balaban J connectivity index is 1.45. The lowest BCUT2D eigenvalue weighted by Crippen LogP contribution is -2.22. The number of pyridine rings is 2. The van der Waals surface area contributed by atoms with Crippen LogP contribution in [0.3, 0.4) is 0 Å². The van der Waals surface area contributed by atoms with E-state index in [1.165, 1.54) is 0 Å². The van der Waals surface area contributed by atoms with Gasteiger partial charge in [-0.3, -0.25) is 9.78 Å². The molecule has 0 spiro atoms. The Morgan fingerprint density at radius 1 is 1.28 bits per heavy atom. The zero-order chi connectivity index (χ0) is 17.2. The first-order valence-electron chi connectivity index (χ1n) is 7.78. The summed E-state index contributed by atoms with van der Waals surface area (Å²) in [7, 11) is 0. The predicted octanol–water partition coefficient (Wildman–Crippen LogP) is 2.62. The van der Waals surface area contributed by atoms with Gasteiger partial charge < -0.3 is 14.2 Å². The molecular weight excluding hydrogens is 318 g/mol. The molecule has 7 nitrogen and oxygen atoms in total. The minimum atomic E-state index is -0.187. The fraction of sp³-hybridized carbons (Fsp3) is 0.111. The largest absolute Gasteiger partial charge is 0.359 e. The molecule has 124 valence electrons. The molecule has 0 fully saturated rings. The third kappa shape index (κ3) is 3.12. The molecule has 0 unspecified atom stereocenters. The summed E-state index contributed by atoms with van der Waals surface area (Å²) < 4.78 is 7.10. The molecule has 0 radical (unpaired) electrons. The maximum absolute atomic E-state index is 12.3. The van der Waals surface area contributed by atoms with Gasteiger partial charge >= 0.3 is 0 Å². The van der Waals surface area contributed by atoms with E-state index in [1.807, 2.05) is 35.7 Å². The Labute approximate surface area is 143 Å². The van der Waals surface area contributed by atoms with Crippen molar-refractivity contribution in [1.82, 2.24) is 24.8 Å². The van der Waals surface area contributed by atoms with Crippen molar-refractivity contribution >= 4 is 11.6 Å². The summed E-state index contributed by atoms with van der Waals surface area (Å²) in [5, 5.41) is 6.83. The molecule has 25 heavy (non-hydrogen) atoms. The number of fused-ring (bicyclic) bond motifs is 1. The van der Waals surface area contributed by atoms with Gasteiger partial charge in [0.05, 0.1) is 17.8 Å². The highest BCUT2D eigenvalue weighted by molar-refractivity contribution is 5.94. The second-order valence-corrected chi connectivity index (χ2v) is 5.67. The first-order chi connectivity index (χ1) is 12.2. The number of carbonyl (C=O) groups excluding carboxylic acids is 1. The maximum atomic E-state index is 12.3. The van der Waals surface area contributed by atoms with Gasteiger partial charge in [-0.05, 0) is 31.2 Å². The van der Waals surface area contributed by atoms with Crippen molar-refractivity contribution in [2.75, 3.05) is 0 Å². The smallest absolute Gasteiger partial charge is 0.253 e. The Hall–Kier alpha value is -3.48. The highest BCUT2D eigenvalue weighted by Crippen LogP contribution is 2.17. The molecule has 1 N–H and O–H groups in total. The molecule has 0 aliphatic heterocycles. The van der Waals surface area contributed by atoms with Crippen molar-refractivity contribution in [2.45, 2.75) is 13.5 Å². The summed E-state index contributed by atoms with van der Waals surface area (Å²) in [6.45, 7) is 2.17. The quantitative estimate of drug-likeness (QED) is 0.620. The number of rotatable bonds is 4. The van der Waals surface area contributed by atoms with Crippen molar-refractivity contribution in [1.29, 1.82) is 0 Å². The number of carbonyl (C=O) groups is 1. The molecule has 4 rings (SSSR count). The fourth-order valence-electron chi connectivity index (χ4n) is 2.57. The number of hydrogen-bond donors (Lipinski definition) is 1. The summed E-state index contributed by atoms with van der Waals surface area (Å²) in [5.74, 6) is 0.388. The van der Waals surface area contributed by atoms with Crippen LogP contribution < -0.4 is 5.32 Å². The Morgan fingerprint density at radius 2 is 2.20 bits per heavy atom. The molecule has 0 saturated heterocycles. The molecule has 0 atom stereocenters. The first-order valence-corrected chi connectivity index (χ1v) is 7.78. The van der Waals surface area contributed by atoms with Gasteiger partial charge in [-0.1, -0.05) is 5.16 Å². The molecule has 4 aromatic heterocycles. The minimum Gasteiger partial charge on any atom is -0.359 e. The SMILES string of the molecule is Cc1cn2cc(C(=O)NCc3cc(-c4cccnc4)no3)ccc2n1. The van der Waals surface area contributed by atoms with E-state index in [-0.39, 0.29) is 12.5 Å². The maximum Gasteiger partial charge on any atom is 0.253 e. The molecule has 7 heteroatoms. The molecule has 0 aliphatic rings. The van der Waals surface area contributed by atoms with Crippen LogP contribution in [0.1, 0.15) is 21.8 Å². The number of amides is 1. The van der Waals surface area contributed by atoms with Gasteiger partial charge in [0, 0.05) is 36.4 Å². The summed E-state index contributed by atoms with van der Waals surface area (Å²) in [6, 6.07) is 9.09. The van der Waals surface area contributed by atoms with Gasteiger partial charge in [0.25, 0.3) is 5.91 Å². The number of hydrogen-bond acceptors (Lipinski definition) is 5. The first kappa shape index (κ1) is 15.1. The van der Waals surface area contributed by atoms with Gasteiger partial charge in [-0.2, -0.15) is 0 Å². The topological polar surface area (TPSA) is 85.3 Å². The average molecular weight is 333 g/mol. The van der Waals surface area contributed by atoms with Crippen LogP contribution in [-0.2, 0) is 6.54 Å². The fourth-order valence-corrected chi connectivity index (χ4v) is 2.57. The van der Waals surface area contributed by atoms with Crippen LogP contribution in [0.5, 0.6) is 0 Å². The molecule has 0 saturated carbocycles. The summed E-state index contributed by atoms with van der Waals surface area (Å²) in [4.78, 5) is 20.7. The van der Waals surface area contributed by atoms with Gasteiger partial charge in [0.15, 0.2) is 5.76 Å². The van der Waals surface area contributed by atoms with Gasteiger partial charge in [0.1, 0.15) is 11.3 Å². The van der Waals surface area contributed by atoms with Crippen LogP contribution in [0, 0.1) is 6.92 Å². The van der Waals surface area contributed by atoms with Crippen molar-refractivity contribution < 1.29 is 9.32 Å². The van der Waals surface area contributed by atoms with Gasteiger partial charge in [0.2, 0.25) is 0 Å². The zero-order valence-corrected chi connectivity index (χ0v) is 13.5. The van der Waals surface area contributed by atoms with Crippen LogP contribution in [-0.4, -0.2) is 25.4 Å². The Kier molecular flexibility index (Phi) is 3.74. The summed E-state index contributed by atoms with van der Waals surface area (Å²) in [6.07, 6.45) is 7.04. The van der Waals surface area contributed by atoms with E-state index >= 15 is 0 Å². The third-order valence-electron chi connectivity index (χ3n) is 3.77. The summed E-state index contributed by atoms with van der Waals surface area (Å²) in [5.41, 5.74) is 3.82. The normalized spacial score (nSPS) is 10.9. The molecule has 0 aromatic carbocycles. The van der Waals surface area contributed by atoms with E-state index in [9.17, 15) is 4.79 Å². The average Bonchev–Trinajstić information content (AvgIpc) is 3.25. The molecule has 4 aromatic rings. The second kappa shape index (κ2) is 6.20. The molecule has 1 amide bonds. The zero-order valence-electron chi connectivity index (χ0n) is 13.5. The van der Waals surface area contributed by atoms with Gasteiger partial charge in [-0.25, -0.2) is 4.98 Å². The van der Waals surface area contributed by atoms with Crippen molar-refractivity contribution in [3.63, 3.8) is 0 Å². The van der Waals surface area contributed by atoms with Crippen molar-refractivity contribution in [3.05, 3.63) is 72.1 Å². The monoisotopic (exact) mass is 333 g/mol. The van der Waals surface area contributed by atoms with E-state index in [0.717, 1.165) is 16.9 Å². The van der Waals surface area contributed by atoms with E-state index in [0.29, 0.717) is 17.0 Å². The van der Waals surface area contributed by atoms with Crippen LogP contribution >= 0.6 is 0 Å². The number of aryl methyl sites for hydroxylation is 1. The highest BCUT2D eigenvalue weighted by Gasteiger charge is 2.10. The van der Waals surface area contributed by atoms with Crippen molar-refractivity contribution in [2.24, 2.45) is 0 Å². The molecular formula is C18H15N5O2. The third-order valence-corrected chi connectivity index (χ3v) is 3.77. The molecule has 4 heterocycles. The lowest BCUT2D eigenvalue weighted by atomic mass is 10.2. The van der Waals surface area contributed by atoms with E-state index in [1.54, 1.807) is 30.7 Å². The lowest BCUT2D eigenvalue weighted by molar-refractivity contribution is 0.0946. The van der Waals surface area contributed by atoms with Crippen LogP contribution in [0.4, 0.5) is 0 Å². The molecule has 0 bridgehead atoms. The van der Waals surface area contributed by atoms with E-state index < -0.39 is 0 Å². The standard InChI is InChI=1S/C18H15N5O2/c1-12-10-23-11-14(4-5-17(23)21-12)18(24)20-9-15-7-16(22-25-15)13-3-2-6-19-8-13/h2-8,10-11H,9H2,1H3,(H,20,24).